The standard InChI is InChI=1S/C83H76N6.C3H6.C2H6/c1-6-29-61(3)30-25-28-43-79-63(5)76-60-74(55-57-81(76)89(79)70-39-23-14-24-40-70)88(69-37-21-13-22-38-69)72-52-48-66(49-53-72)83-82(84-77-41-26-27-42-78(77)85-83)65-46-50-71(51-47-65)87(68-35-19-12-20-36-68)73-54-56-80(86(58-7-2)67-33-17-11-18-34-67)75(59-73)62(4)44-45-64-31-15-9-8-10-16-32-64;1-3-2;1-2/h6-15,17-29,31,33-42,44-57,59-62H,2,16,30,32,43,58H2,1,3-5H3;3H,1H2,2H3;1-2H3/b10-8-,15-9-,28-25-,29-6-,45-44+,64-31+;;. The van der Waals surface area contributed by atoms with Gasteiger partial charge in [-0.3, -0.25) is 0 Å². The number of nitrogens with zero attached hydrogens (tertiary/aromatic N) is 6. The minimum absolute atomic E-state index is 0.0772. The van der Waals surface area contributed by atoms with Gasteiger partial charge in [0.1, 0.15) is 0 Å². The van der Waals surface area contributed by atoms with Gasteiger partial charge in [0.25, 0.3) is 0 Å². The molecule has 470 valence electrons. The maximum absolute atomic E-state index is 5.41. The molecule has 0 bridgehead atoms. The molecule has 9 aromatic carbocycles. The number of fused-ring (bicyclic) bond motifs is 2. The molecule has 1 aliphatic carbocycles. The highest BCUT2D eigenvalue weighted by atomic mass is 15.2. The summed E-state index contributed by atoms with van der Waals surface area (Å²) in [5.41, 5.74) is 21.3. The topological polar surface area (TPSA) is 40.4 Å². The Morgan fingerprint density at radius 3 is 1.62 bits per heavy atom. The third kappa shape index (κ3) is 15.7. The molecule has 1 aliphatic rings. The summed E-state index contributed by atoms with van der Waals surface area (Å²) in [7, 11) is 0. The van der Waals surface area contributed by atoms with Crippen LogP contribution in [0.15, 0.2) is 328 Å². The molecule has 0 N–H and O–H groups in total. The zero-order valence-corrected chi connectivity index (χ0v) is 55.7. The van der Waals surface area contributed by atoms with E-state index in [-0.39, 0.29) is 5.92 Å². The lowest BCUT2D eigenvalue weighted by Crippen LogP contribution is -2.19. The molecule has 0 radical (unpaired) electrons. The van der Waals surface area contributed by atoms with Crippen LogP contribution in [0.25, 0.3) is 50.1 Å². The number of para-hydroxylation sites is 6. The minimum atomic E-state index is 0.0772. The van der Waals surface area contributed by atoms with Crippen molar-refractivity contribution in [2.75, 3.05) is 21.2 Å². The summed E-state index contributed by atoms with van der Waals surface area (Å²) in [5.74, 6) is 0.578. The predicted molar refractivity (Wildman–Crippen MR) is 407 cm³/mol. The molecule has 94 heavy (non-hydrogen) atoms. The third-order valence-corrected chi connectivity index (χ3v) is 16.8. The van der Waals surface area contributed by atoms with Gasteiger partial charge < -0.3 is 19.3 Å². The van der Waals surface area contributed by atoms with E-state index in [0.29, 0.717) is 12.5 Å². The Bertz CT molecular complexity index is 4460. The van der Waals surface area contributed by atoms with Crippen molar-refractivity contribution < 1.29 is 0 Å². The van der Waals surface area contributed by atoms with Gasteiger partial charge in [0.05, 0.1) is 27.9 Å². The number of aryl methyl sites for hydroxylation is 1. The summed E-state index contributed by atoms with van der Waals surface area (Å²) < 4.78 is 2.44. The van der Waals surface area contributed by atoms with Gasteiger partial charge in [0.2, 0.25) is 0 Å². The molecular weight excluding hydrogens is 1140 g/mol. The van der Waals surface area contributed by atoms with Crippen molar-refractivity contribution >= 4 is 67.4 Å². The first kappa shape index (κ1) is 66.1. The van der Waals surface area contributed by atoms with Gasteiger partial charge in [-0.15, -0.1) is 13.2 Å². The summed E-state index contributed by atoms with van der Waals surface area (Å²) >= 11 is 0. The van der Waals surface area contributed by atoms with E-state index < -0.39 is 0 Å². The largest absolute Gasteiger partial charge is 0.337 e. The Morgan fingerprint density at radius 1 is 0.543 bits per heavy atom. The fourth-order valence-electron chi connectivity index (χ4n) is 12.3. The van der Waals surface area contributed by atoms with E-state index in [2.05, 4.69) is 345 Å². The normalized spacial score (nSPS) is 14.0. The lowest BCUT2D eigenvalue weighted by molar-refractivity contribution is 0.741. The second-order valence-electron chi connectivity index (χ2n) is 23.3. The van der Waals surface area contributed by atoms with Gasteiger partial charge in [-0.2, -0.15) is 0 Å². The third-order valence-electron chi connectivity index (χ3n) is 16.8. The fraction of sp³-hybridized carbons (Fsp3) is 0.159. The molecule has 6 heteroatoms. The number of anilines is 8. The number of hydrogen-bond donors (Lipinski definition) is 0. The van der Waals surface area contributed by atoms with E-state index >= 15 is 0 Å². The molecule has 0 fully saturated rings. The zero-order chi connectivity index (χ0) is 65.6. The second-order valence-corrected chi connectivity index (χ2v) is 23.3. The summed E-state index contributed by atoms with van der Waals surface area (Å²) in [6, 6.07) is 82.4. The van der Waals surface area contributed by atoms with E-state index in [1.54, 1.807) is 6.08 Å². The minimum Gasteiger partial charge on any atom is -0.337 e. The Labute approximate surface area is 559 Å². The Morgan fingerprint density at radius 2 is 1.05 bits per heavy atom. The van der Waals surface area contributed by atoms with E-state index in [4.69, 9.17) is 9.97 Å². The first-order chi connectivity index (χ1) is 46.2. The smallest absolute Gasteiger partial charge is 0.0973 e. The van der Waals surface area contributed by atoms with Crippen molar-refractivity contribution in [3.8, 4) is 28.2 Å². The molecule has 2 aromatic heterocycles. The zero-order valence-electron chi connectivity index (χ0n) is 55.7. The molecule has 0 saturated carbocycles. The first-order valence-electron chi connectivity index (χ1n) is 33.2. The van der Waals surface area contributed by atoms with Crippen molar-refractivity contribution in [2.24, 2.45) is 5.92 Å². The van der Waals surface area contributed by atoms with E-state index in [9.17, 15) is 0 Å². The van der Waals surface area contributed by atoms with Crippen LogP contribution in [0.5, 0.6) is 0 Å². The molecular formula is C88H88N6. The van der Waals surface area contributed by atoms with Gasteiger partial charge in [0.15, 0.2) is 0 Å². The van der Waals surface area contributed by atoms with Crippen LogP contribution in [-0.4, -0.2) is 21.1 Å². The number of benzene rings is 9. The second kappa shape index (κ2) is 33.0. The van der Waals surface area contributed by atoms with Gasteiger partial charge >= 0.3 is 0 Å². The number of rotatable bonds is 21. The van der Waals surface area contributed by atoms with Crippen LogP contribution in [0, 0.1) is 12.8 Å². The van der Waals surface area contributed by atoms with Crippen molar-refractivity contribution in [3.63, 3.8) is 0 Å². The van der Waals surface area contributed by atoms with Crippen LogP contribution >= 0.6 is 0 Å². The molecule has 0 saturated heterocycles. The number of allylic oxidation sites excluding steroid dienone is 13. The van der Waals surface area contributed by atoms with E-state index in [1.807, 2.05) is 39.0 Å². The molecule has 12 rings (SSSR count). The maximum Gasteiger partial charge on any atom is 0.0973 e. The summed E-state index contributed by atoms with van der Waals surface area (Å²) in [6.07, 6.45) is 32.2. The van der Waals surface area contributed by atoms with Gasteiger partial charge in [-0.05, 0) is 184 Å². The molecule has 2 unspecified atom stereocenters. The fourth-order valence-corrected chi connectivity index (χ4v) is 12.3. The van der Waals surface area contributed by atoms with Crippen molar-refractivity contribution in [2.45, 2.75) is 80.1 Å². The monoisotopic (exact) mass is 1230 g/mol. The average molecular weight is 1230 g/mol. The summed E-state index contributed by atoms with van der Waals surface area (Å²) in [6.45, 7) is 23.1. The SMILES string of the molecule is C=CC.C=CCN(c1ccccc1)c1ccc(N(c2ccccc2)c2ccc(-c3nc4ccccc4nc3-c3ccc(N(c4ccccc4)c4ccc5c(c4)c(C)c(C/C=C\CC(C)/C=C\C)n5-c4ccccc4)cc3)cc2)cc1C(C)/C=C/C1=C/C=C\C=C/CC1.CC. The predicted octanol–water partition coefficient (Wildman–Crippen LogP) is 24.9. The molecule has 2 atom stereocenters. The van der Waals surface area contributed by atoms with Crippen LogP contribution in [0.3, 0.4) is 0 Å². The van der Waals surface area contributed by atoms with Crippen molar-refractivity contribution in [1.82, 2.24) is 14.5 Å². The lowest BCUT2D eigenvalue weighted by Gasteiger charge is -2.31. The molecule has 6 nitrogen and oxygen atoms in total. The highest BCUT2D eigenvalue weighted by Crippen LogP contribution is 2.44. The number of aromatic nitrogens is 3. The summed E-state index contributed by atoms with van der Waals surface area (Å²) in [5, 5.41) is 1.23. The van der Waals surface area contributed by atoms with Crippen LogP contribution in [0.1, 0.15) is 83.5 Å². The van der Waals surface area contributed by atoms with E-state index in [1.165, 1.54) is 33.3 Å². The molecule has 2 heterocycles. The highest BCUT2D eigenvalue weighted by Gasteiger charge is 2.23. The first-order valence-corrected chi connectivity index (χ1v) is 33.2. The van der Waals surface area contributed by atoms with Crippen LogP contribution in [0.4, 0.5) is 45.5 Å². The Balaban J connectivity index is 0.00000188. The average Bonchev–Trinajstić information content (AvgIpc) is 1.41. The quantitative estimate of drug-likeness (QED) is 0.0671. The lowest BCUT2D eigenvalue weighted by atomic mass is 9.94. The summed E-state index contributed by atoms with van der Waals surface area (Å²) in [4.78, 5) is 17.9. The molecule has 0 aliphatic heterocycles. The molecule has 0 amide bonds. The maximum atomic E-state index is 5.41. The van der Waals surface area contributed by atoms with Crippen molar-refractivity contribution in [1.29, 1.82) is 0 Å². The van der Waals surface area contributed by atoms with Crippen LogP contribution in [0.2, 0.25) is 0 Å². The van der Waals surface area contributed by atoms with Crippen LogP contribution in [-0.2, 0) is 6.42 Å². The van der Waals surface area contributed by atoms with Gasteiger partial charge in [-0.25, -0.2) is 9.97 Å². The van der Waals surface area contributed by atoms with Gasteiger partial charge in [-0.1, -0.05) is 216 Å². The molecule has 11 aromatic rings. The Kier molecular flexibility index (Phi) is 23.2. The van der Waals surface area contributed by atoms with Crippen LogP contribution < -0.4 is 14.7 Å². The van der Waals surface area contributed by atoms with Crippen molar-refractivity contribution in [3.05, 3.63) is 345 Å². The Hall–Kier alpha value is -10.8. The number of hydrogen-bond acceptors (Lipinski definition) is 5. The highest BCUT2D eigenvalue weighted by molar-refractivity contribution is 5.94. The van der Waals surface area contributed by atoms with Gasteiger partial charge in [0, 0.05) is 92.3 Å². The molecule has 0 spiro atoms. The van der Waals surface area contributed by atoms with E-state index in [0.717, 1.165) is 110 Å².